The Balaban J connectivity index is 1.52. The van der Waals surface area contributed by atoms with Crippen molar-refractivity contribution in [3.8, 4) is 5.75 Å². The number of aryl methyl sites for hydroxylation is 2. The quantitative estimate of drug-likeness (QED) is 0.302. The van der Waals surface area contributed by atoms with Gasteiger partial charge in [0.25, 0.3) is 16.8 Å². The third kappa shape index (κ3) is 5.94. The molecule has 0 unspecified atom stereocenters. The van der Waals surface area contributed by atoms with Gasteiger partial charge in [-0.2, -0.15) is 0 Å². The number of hydrogen-bond acceptors (Lipinski definition) is 8. The molecule has 0 aliphatic heterocycles. The number of nitrogens with one attached hydrogen (secondary N) is 1. The normalized spacial score (nSPS) is 10.6. The van der Waals surface area contributed by atoms with E-state index >= 15 is 0 Å². The van der Waals surface area contributed by atoms with Crippen LogP contribution in [-0.4, -0.2) is 26.8 Å². The van der Waals surface area contributed by atoms with Crippen molar-refractivity contribution in [2.24, 2.45) is 0 Å². The molecule has 0 aliphatic carbocycles. The molecule has 0 saturated carbocycles. The SMILES string of the molecule is Cc1cc(C)cc(OCc2nnc(SCC(=O)Nc3cc([N+](=O)[O-])ccc3Cl)o2)c1. The van der Waals surface area contributed by atoms with Gasteiger partial charge in [0, 0.05) is 12.1 Å². The van der Waals surface area contributed by atoms with E-state index in [0.29, 0.717) is 5.75 Å². The molecular weight excluding hydrogens is 432 g/mol. The van der Waals surface area contributed by atoms with Crippen molar-refractivity contribution in [1.29, 1.82) is 0 Å². The van der Waals surface area contributed by atoms with E-state index in [2.05, 4.69) is 15.5 Å². The van der Waals surface area contributed by atoms with Crippen LogP contribution < -0.4 is 10.1 Å². The third-order valence-electron chi connectivity index (χ3n) is 3.77. The van der Waals surface area contributed by atoms with Gasteiger partial charge in [0.2, 0.25) is 5.91 Å². The van der Waals surface area contributed by atoms with Gasteiger partial charge in [-0.3, -0.25) is 14.9 Å². The fourth-order valence-electron chi connectivity index (χ4n) is 2.55. The van der Waals surface area contributed by atoms with E-state index in [9.17, 15) is 14.9 Å². The number of rotatable bonds is 8. The molecule has 1 aromatic heterocycles. The zero-order valence-electron chi connectivity index (χ0n) is 16.0. The molecule has 3 rings (SSSR count). The van der Waals surface area contributed by atoms with E-state index in [1.54, 1.807) is 0 Å². The Morgan fingerprint density at radius 3 is 2.67 bits per heavy atom. The van der Waals surface area contributed by atoms with Crippen LogP contribution in [0.2, 0.25) is 5.02 Å². The average Bonchev–Trinajstić information content (AvgIpc) is 3.13. The van der Waals surface area contributed by atoms with E-state index < -0.39 is 10.8 Å². The summed E-state index contributed by atoms with van der Waals surface area (Å²) in [6, 6.07) is 9.65. The van der Waals surface area contributed by atoms with Gasteiger partial charge in [-0.1, -0.05) is 29.4 Å². The lowest BCUT2D eigenvalue weighted by molar-refractivity contribution is -0.384. The molecule has 3 aromatic rings. The summed E-state index contributed by atoms with van der Waals surface area (Å²) in [5.41, 5.74) is 2.15. The molecule has 1 heterocycles. The molecular formula is C19H17ClN4O5S. The number of aromatic nitrogens is 2. The van der Waals surface area contributed by atoms with E-state index in [0.717, 1.165) is 22.9 Å². The largest absolute Gasteiger partial charge is 0.484 e. The summed E-state index contributed by atoms with van der Waals surface area (Å²) in [4.78, 5) is 22.4. The van der Waals surface area contributed by atoms with Crippen LogP contribution in [0.4, 0.5) is 11.4 Å². The van der Waals surface area contributed by atoms with Crippen LogP contribution in [0.15, 0.2) is 46.0 Å². The molecule has 0 radical (unpaired) electrons. The second-order valence-corrected chi connectivity index (χ2v) is 7.67. The van der Waals surface area contributed by atoms with Crippen LogP contribution in [0.3, 0.4) is 0 Å². The van der Waals surface area contributed by atoms with Gasteiger partial charge in [-0.05, 0) is 43.2 Å². The van der Waals surface area contributed by atoms with E-state index in [1.807, 2.05) is 32.0 Å². The van der Waals surface area contributed by atoms with Gasteiger partial charge in [-0.15, -0.1) is 10.2 Å². The minimum Gasteiger partial charge on any atom is -0.484 e. The molecule has 0 bridgehead atoms. The summed E-state index contributed by atoms with van der Waals surface area (Å²) in [6.45, 7) is 4.06. The number of hydrogen-bond donors (Lipinski definition) is 1. The molecule has 0 atom stereocenters. The van der Waals surface area contributed by atoms with Crippen molar-refractivity contribution >= 4 is 40.6 Å². The number of halogens is 1. The monoisotopic (exact) mass is 448 g/mol. The topological polar surface area (TPSA) is 120 Å². The van der Waals surface area contributed by atoms with Crippen LogP contribution in [0.1, 0.15) is 17.0 Å². The number of ether oxygens (including phenoxy) is 1. The molecule has 2 aromatic carbocycles. The summed E-state index contributed by atoms with van der Waals surface area (Å²) in [5, 5.41) is 21.5. The molecule has 156 valence electrons. The number of thioether (sulfide) groups is 1. The van der Waals surface area contributed by atoms with Gasteiger partial charge in [0.1, 0.15) is 5.75 Å². The highest BCUT2D eigenvalue weighted by atomic mass is 35.5. The van der Waals surface area contributed by atoms with Gasteiger partial charge >= 0.3 is 0 Å². The number of benzene rings is 2. The first-order chi connectivity index (χ1) is 14.3. The Morgan fingerprint density at radius 1 is 1.23 bits per heavy atom. The molecule has 0 aliphatic rings. The summed E-state index contributed by atoms with van der Waals surface area (Å²) in [7, 11) is 0. The average molecular weight is 449 g/mol. The van der Waals surface area contributed by atoms with Gasteiger partial charge < -0.3 is 14.5 Å². The number of amides is 1. The second-order valence-electron chi connectivity index (χ2n) is 6.33. The van der Waals surface area contributed by atoms with Crippen molar-refractivity contribution in [3.05, 3.63) is 68.6 Å². The highest BCUT2D eigenvalue weighted by Crippen LogP contribution is 2.27. The molecule has 0 fully saturated rings. The van der Waals surface area contributed by atoms with E-state index in [4.69, 9.17) is 20.8 Å². The molecule has 0 spiro atoms. The highest BCUT2D eigenvalue weighted by Gasteiger charge is 2.14. The Morgan fingerprint density at radius 2 is 1.97 bits per heavy atom. The maximum Gasteiger partial charge on any atom is 0.277 e. The number of nitro benzene ring substituents is 1. The lowest BCUT2D eigenvalue weighted by Crippen LogP contribution is -2.14. The van der Waals surface area contributed by atoms with Crippen molar-refractivity contribution in [2.45, 2.75) is 25.7 Å². The van der Waals surface area contributed by atoms with Gasteiger partial charge in [0.05, 0.1) is 21.4 Å². The van der Waals surface area contributed by atoms with Crippen LogP contribution in [-0.2, 0) is 11.4 Å². The predicted octanol–water partition coefficient (Wildman–Crippen LogP) is 4.56. The summed E-state index contributed by atoms with van der Waals surface area (Å²) in [5.74, 6) is 0.513. The number of non-ortho nitro benzene ring substituents is 1. The molecule has 9 nitrogen and oxygen atoms in total. The fraction of sp³-hybridized carbons (Fsp3) is 0.211. The highest BCUT2D eigenvalue weighted by molar-refractivity contribution is 7.99. The standard InChI is InChI=1S/C19H17ClN4O5S/c1-11-5-12(2)7-14(6-11)28-9-18-22-23-19(29-18)30-10-17(25)21-16-8-13(24(26)27)3-4-15(16)20/h3-8H,9-10H2,1-2H3,(H,21,25). The van der Waals surface area contributed by atoms with Crippen molar-refractivity contribution < 1.29 is 18.9 Å². The molecule has 30 heavy (non-hydrogen) atoms. The van der Waals surface area contributed by atoms with Crippen LogP contribution in [0.25, 0.3) is 0 Å². The zero-order chi connectivity index (χ0) is 21.7. The molecule has 1 N–H and O–H groups in total. The minimum atomic E-state index is -0.569. The number of carbonyl (C=O) groups is 1. The lowest BCUT2D eigenvalue weighted by Gasteiger charge is -2.06. The first-order valence-corrected chi connectivity index (χ1v) is 10.1. The van der Waals surface area contributed by atoms with E-state index in [1.165, 1.54) is 18.2 Å². The first-order valence-electron chi connectivity index (χ1n) is 8.70. The number of nitrogens with zero attached hydrogens (tertiary/aromatic N) is 3. The van der Waals surface area contributed by atoms with Crippen LogP contribution >= 0.6 is 23.4 Å². The number of carbonyl (C=O) groups excluding carboxylic acids is 1. The minimum absolute atomic E-state index is 0.0431. The Kier molecular flexibility index (Phi) is 6.91. The zero-order valence-corrected chi connectivity index (χ0v) is 17.6. The molecule has 11 heteroatoms. The van der Waals surface area contributed by atoms with Crippen molar-refractivity contribution in [2.75, 3.05) is 11.1 Å². The summed E-state index contributed by atoms with van der Waals surface area (Å²) >= 11 is 7.00. The smallest absolute Gasteiger partial charge is 0.277 e. The molecule has 0 saturated heterocycles. The van der Waals surface area contributed by atoms with Crippen LogP contribution in [0, 0.1) is 24.0 Å². The molecule has 1 amide bonds. The van der Waals surface area contributed by atoms with Crippen LogP contribution in [0.5, 0.6) is 5.75 Å². The second kappa shape index (κ2) is 9.59. The first kappa shape index (κ1) is 21.6. The Hall–Kier alpha value is -3.11. The van der Waals surface area contributed by atoms with Crippen molar-refractivity contribution in [3.63, 3.8) is 0 Å². The lowest BCUT2D eigenvalue weighted by atomic mass is 10.1. The maximum absolute atomic E-state index is 12.1. The number of nitro groups is 1. The summed E-state index contributed by atoms with van der Waals surface area (Å²) < 4.78 is 11.1. The van der Waals surface area contributed by atoms with Crippen molar-refractivity contribution in [1.82, 2.24) is 10.2 Å². The number of anilines is 1. The van der Waals surface area contributed by atoms with E-state index in [-0.39, 0.29) is 39.9 Å². The maximum atomic E-state index is 12.1. The van der Waals surface area contributed by atoms with Gasteiger partial charge in [-0.25, -0.2) is 0 Å². The predicted molar refractivity (Wildman–Crippen MR) is 112 cm³/mol. The Labute approximate surface area is 180 Å². The third-order valence-corrected chi connectivity index (χ3v) is 4.92. The Bertz CT molecular complexity index is 1070. The van der Waals surface area contributed by atoms with Gasteiger partial charge in [0.15, 0.2) is 6.61 Å². The fourth-order valence-corrected chi connectivity index (χ4v) is 3.30. The summed E-state index contributed by atoms with van der Waals surface area (Å²) in [6.07, 6.45) is 0.